The lowest BCUT2D eigenvalue weighted by Crippen LogP contribution is -2.48. The molecule has 6 nitrogen and oxygen atoms in total. The fourth-order valence-electron chi connectivity index (χ4n) is 5.25. The van der Waals surface area contributed by atoms with Gasteiger partial charge in [0, 0.05) is 50.4 Å². The van der Waals surface area contributed by atoms with Crippen molar-refractivity contribution in [3.05, 3.63) is 93.4 Å². The van der Waals surface area contributed by atoms with Crippen LogP contribution in [0.3, 0.4) is 0 Å². The summed E-state index contributed by atoms with van der Waals surface area (Å²) in [7, 11) is 0. The third-order valence-electron chi connectivity index (χ3n) is 7.18. The van der Waals surface area contributed by atoms with Crippen molar-refractivity contribution in [1.82, 2.24) is 15.1 Å². The fourth-order valence-corrected chi connectivity index (χ4v) is 6.21. The summed E-state index contributed by atoms with van der Waals surface area (Å²) in [5.41, 5.74) is 3.80. The first-order valence-corrected chi connectivity index (χ1v) is 13.6. The van der Waals surface area contributed by atoms with Gasteiger partial charge >= 0.3 is 0 Å². The van der Waals surface area contributed by atoms with E-state index in [1.54, 1.807) is 12.1 Å². The zero-order valence-corrected chi connectivity index (χ0v) is 21.4. The highest BCUT2D eigenvalue weighted by Crippen LogP contribution is 2.44. The van der Waals surface area contributed by atoms with Crippen LogP contribution in [-0.4, -0.2) is 53.4 Å². The summed E-state index contributed by atoms with van der Waals surface area (Å²) < 4.78 is 13.6. The molecule has 1 N–H and O–H groups in total. The Labute approximate surface area is 220 Å². The number of carbonyl (C=O) groups is 2. The number of Topliss-reactive ketones (excluding diaryl/α,β-unsaturated/α-hetero) is 1. The van der Waals surface area contributed by atoms with Gasteiger partial charge in [-0.15, -0.1) is 0 Å². The van der Waals surface area contributed by atoms with Gasteiger partial charge in [0.2, 0.25) is 5.91 Å². The van der Waals surface area contributed by atoms with Crippen molar-refractivity contribution in [2.45, 2.75) is 31.7 Å². The number of carbonyl (C=O) groups excluding carboxylic acids is 2. The summed E-state index contributed by atoms with van der Waals surface area (Å²) in [6.45, 7) is 3.86. The number of allylic oxidation sites excluding steroid dienone is 3. The lowest BCUT2D eigenvalue weighted by atomic mass is 9.77. The third-order valence-corrected chi connectivity index (χ3v) is 8.18. The van der Waals surface area contributed by atoms with Crippen molar-refractivity contribution in [3.8, 4) is 6.07 Å². The normalized spacial score (nSPS) is 20.4. The zero-order valence-electron chi connectivity index (χ0n) is 20.6. The van der Waals surface area contributed by atoms with Crippen LogP contribution in [0, 0.1) is 17.1 Å². The molecule has 0 bridgehead atoms. The fraction of sp³-hybridized carbons (Fsp3) is 0.345. The van der Waals surface area contributed by atoms with E-state index in [4.69, 9.17) is 0 Å². The standard InChI is InChI=1S/C29H29FN4O2S/c30-22-11-9-21(10-12-22)27-23(17-31)29(32-24-7-4-8-25(35)28(24)27)37-19-26(36)34-15-13-33(14-16-34)18-20-5-2-1-3-6-20/h1-3,5-6,9-12,27,32H,4,7-8,13-16,18-19H2/t27-/m1/s1. The second-order valence-electron chi connectivity index (χ2n) is 9.56. The average Bonchev–Trinajstić information content (AvgIpc) is 2.92. The molecule has 1 fully saturated rings. The van der Waals surface area contributed by atoms with Crippen LogP contribution < -0.4 is 5.32 Å². The quantitative estimate of drug-likeness (QED) is 0.616. The van der Waals surface area contributed by atoms with Crippen molar-refractivity contribution in [3.63, 3.8) is 0 Å². The van der Waals surface area contributed by atoms with Gasteiger partial charge in [0.25, 0.3) is 0 Å². The monoisotopic (exact) mass is 516 g/mol. The maximum Gasteiger partial charge on any atom is 0.233 e. The minimum atomic E-state index is -0.547. The molecule has 0 aromatic heterocycles. The second kappa shape index (κ2) is 11.3. The Hall–Kier alpha value is -3.41. The minimum absolute atomic E-state index is 0.0179. The van der Waals surface area contributed by atoms with Crippen LogP contribution in [0.1, 0.15) is 36.3 Å². The predicted octanol–water partition coefficient (Wildman–Crippen LogP) is 4.33. The van der Waals surface area contributed by atoms with E-state index in [-0.39, 0.29) is 23.3 Å². The molecule has 0 spiro atoms. The van der Waals surface area contributed by atoms with E-state index < -0.39 is 5.92 Å². The van der Waals surface area contributed by atoms with Crippen molar-refractivity contribution in [1.29, 1.82) is 5.26 Å². The molecule has 1 atom stereocenters. The number of piperazine rings is 1. The number of halogens is 1. The number of nitriles is 1. The van der Waals surface area contributed by atoms with Crippen LogP contribution in [0.4, 0.5) is 4.39 Å². The first-order valence-electron chi connectivity index (χ1n) is 12.6. The summed E-state index contributed by atoms with van der Waals surface area (Å²) in [5.74, 6) is -0.654. The van der Waals surface area contributed by atoms with Crippen molar-refractivity contribution in [2.75, 3.05) is 31.9 Å². The molecule has 1 saturated heterocycles. The van der Waals surface area contributed by atoms with Gasteiger partial charge in [0.1, 0.15) is 5.82 Å². The number of nitrogens with zero attached hydrogens (tertiary/aromatic N) is 3. The average molecular weight is 517 g/mol. The summed E-state index contributed by atoms with van der Waals surface area (Å²) >= 11 is 1.32. The van der Waals surface area contributed by atoms with E-state index in [0.29, 0.717) is 47.7 Å². The molecule has 2 aromatic carbocycles. The molecule has 1 aliphatic carbocycles. The molecule has 37 heavy (non-hydrogen) atoms. The molecule has 2 aromatic rings. The smallest absolute Gasteiger partial charge is 0.233 e. The van der Waals surface area contributed by atoms with Crippen LogP contribution in [0.5, 0.6) is 0 Å². The summed E-state index contributed by atoms with van der Waals surface area (Å²) in [6, 6.07) is 18.6. The maximum absolute atomic E-state index is 13.6. The number of benzene rings is 2. The first-order chi connectivity index (χ1) is 18.0. The van der Waals surface area contributed by atoms with Gasteiger partial charge in [-0.05, 0) is 36.1 Å². The zero-order chi connectivity index (χ0) is 25.8. The number of rotatable bonds is 6. The molecule has 2 aliphatic heterocycles. The number of ketones is 1. The Morgan fingerprint density at radius 2 is 1.78 bits per heavy atom. The van der Waals surface area contributed by atoms with Crippen LogP contribution in [0.25, 0.3) is 0 Å². The van der Waals surface area contributed by atoms with E-state index in [1.165, 1.54) is 29.5 Å². The lowest BCUT2D eigenvalue weighted by Gasteiger charge is -2.35. The van der Waals surface area contributed by atoms with Gasteiger partial charge in [-0.1, -0.05) is 54.2 Å². The summed E-state index contributed by atoms with van der Waals surface area (Å²) in [4.78, 5) is 30.2. The highest BCUT2D eigenvalue weighted by Gasteiger charge is 2.37. The Kier molecular flexibility index (Phi) is 7.73. The molecule has 1 amide bonds. The maximum atomic E-state index is 13.6. The van der Waals surface area contributed by atoms with Gasteiger partial charge < -0.3 is 10.2 Å². The molecule has 8 heteroatoms. The predicted molar refractivity (Wildman–Crippen MR) is 142 cm³/mol. The SMILES string of the molecule is N#CC1=C(SCC(=O)N2CCN(Cc3ccccc3)CC2)NC2=C(C(=O)CCC2)[C@@H]1c1ccc(F)cc1. The Morgan fingerprint density at radius 1 is 1.05 bits per heavy atom. The highest BCUT2D eigenvalue weighted by molar-refractivity contribution is 8.03. The van der Waals surface area contributed by atoms with E-state index >= 15 is 0 Å². The van der Waals surface area contributed by atoms with Crippen molar-refractivity contribution >= 4 is 23.5 Å². The summed E-state index contributed by atoms with van der Waals surface area (Å²) in [5, 5.41) is 14.0. The minimum Gasteiger partial charge on any atom is -0.352 e. The number of hydrogen-bond donors (Lipinski definition) is 1. The molecule has 0 saturated carbocycles. The lowest BCUT2D eigenvalue weighted by molar-refractivity contribution is -0.130. The van der Waals surface area contributed by atoms with Gasteiger partial charge in [0.15, 0.2) is 5.78 Å². The molecule has 0 unspecified atom stereocenters. The first kappa shape index (κ1) is 25.2. The van der Waals surface area contributed by atoms with Crippen molar-refractivity contribution in [2.24, 2.45) is 0 Å². The number of thioether (sulfide) groups is 1. The molecular weight excluding hydrogens is 487 g/mol. The van der Waals surface area contributed by atoms with Crippen LogP contribution >= 0.6 is 11.8 Å². The molecule has 3 aliphatic rings. The van der Waals surface area contributed by atoms with Gasteiger partial charge in [-0.25, -0.2) is 4.39 Å². The topological polar surface area (TPSA) is 76.4 Å². The Bertz CT molecular complexity index is 1280. The molecule has 0 radical (unpaired) electrons. The van der Waals surface area contributed by atoms with Gasteiger partial charge in [-0.3, -0.25) is 14.5 Å². The van der Waals surface area contributed by atoms with Crippen LogP contribution in [0.2, 0.25) is 0 Å². The van der Waals surface area contributed by atoms with Gasteiger partial charge in [0.05, 0.1) is 28.3 Å². The van der Waals surface area contributed by atoms with E-state index in [2.05, 4.69) is 28.4 Å². The molecule has 190 valence electrons. The number of amides is 1. The van der Waals surface area contributed by atoms with Crippen LogP contribution in [-0.2, 0) is 16.1 Å². The third kappa shape index (κ3) is 5.63. The molecular formula is C29H29FN4O2S. The number of dihydropyridines is 1. The Morgan fingerprint density at radius 3 is 2.49 bits per heavy atom. The van der Waals surface area contributed by atoms with E-state index in [0.717, 1.165) is 31.8 Å². The Balaban J connectivity index is 1.27. The van der Waals surface area contributed by atoms with Gasteiger partial charge in [-0.2, -0.15) is 5.26 Å². The molecule has 5 rings (SSSR count). The molecule has 2 heterocycles. The number of nitrogens with one attached hydrogen (secondary N) is 1. The van der Waals surface area contributed by atoms with E-state index in [1.807, 2.05) is 23.1 Å². The van der Waals surface area contributed by atoms with Crippen LogP contribution in [0.15, 0.2) is 76.5 Å². The second-order valence-corrected chi connectivity index (χ2v) is 10.5. The van der Waals surface area contributed by atoms with Crippen molar-refractivity contribution < 1.29 is 14.0 Å². The highest BCUT2D eigenvalue weighted by atomic mass is 32.2. The number of hydrogen-bond acceptors (Lipinski definition) is 6. The largest absolute Gasteiger partial charge is 0.352 e. The van der Waals surface area contributed by atoms with E-state index in [9.17, 15) is 19.2 Å². The summed E-state index contributed by atoms with van der Waals surface area (Å²) in [6.07, 6.45) is 1.89.